The van der Waals surface area contributed by atoms with E-state index in [0.717, 1.165) is 38.4 Å². The zero-order chi connectivity index (χ0) is 16.7. The van der Waals surface area contributed by atoms with Gasteiger partial charge in [-0.1, -0.05) is 0 Å². The van der Waals surface area contributed by atoms with Crippen LogP contribution >= 0.6 is 0 Å². The molecule has 1 aromatic rings. The van der Waals surface area contributed by atoms with Crippen molar-refractivity contribution in [3.8, 4) is 0 Å². The van der Waals surface area contributed by atoms with E-state index in [9.17, 15) is 9.59 Å². The number of nitrogens with zero attached hydrogens (tertiary/aromatic N) is 2. The van der Waals surface area contributed by atoms with Crippen molar-refractivity contribution in [3.63, 3.8) is 0 Å². The Balaban J connectivity index is 1.39. The first kappa shape index (κ1) is 15.7. The molecule has 1 aliphatic carbocycles. The summed E-state index contributed by atoms with van der Waals surface area (Å²) in [6, 6.07) is 3.73. The molecule has 0 spiro atoms. The number of hydrogen-bond acceptors (Lipinski definition) is 4. The number of nitrogens with one attached hydrogen (secondary N) is 1. The number of likely N-dealkylation sites (tertiary alicyclic amines) is 2. The molecule has 1 aromatic heterocycles. The van der Waals surface area contributed by atoms with Gasteiger partial charge in [0, 0.05) is 32.6 Å². The fourth-order valence-corrected chi connectivity index (χ4v) is 4.24. The van der Waals surface area contributed by atoms with E-state index in [1.807, 2.05) is 17.0 Å². The first-order chi connectivity index (χ1) is 11.6. The van der Waals surface area contributed by atoms with Crippen molar-refractivity contribution in [2.75, 3.05) is 19.6 Å². The number of carbonyl (C=O) groups excluding carboxylic acids is 2. The lowest BCUT2D eigenvalue weighted by Crippen LogP contribution is -2.50. The van der Waals surface area contributed by atoms with Crippen LogP contribution in [0.4, 0.5) is 0 Å². The molecule has 3 aliphatic rings. The Morgan fingerprint density at radius 1 is 1.33 bits per heavy atom. The van der Waals surface area contributed by atoms with Crippen LogP contribution in [0.25, 0.3) is 0 Å². The van der Waals surface area contributed by atoms with E-state index >= 15 is 0 Å². The summed E-state index contributed by atoms with van der Waals surface area (Å²) < 4.78 is 5.43. The average molecular weight is 331 g/mol. The summed E-state index contributed by atoms with van der Waals surface area (Å²) >= 11 is 0. The minimum Gasteiger partial charge on any atom is -0.468 e. The number of hydrogen-bond donors (Lipinski definition) is 1. The third kappa shape index (κ3) is 3.07. The molecular weight excluding hydrogens is 306 g/mol. The maximum absolute atomic E-state index is 12.5. The van der Waals surface area contributed by atoms with Crippen molar-refractivity contribution in [2.24, 2.45) is 11.8 Å². The van der Waals surface area contributed by atoms with Crippen molar-refractivity contribution < 1.29 is 14.0 Å². The SMILES string of the molecule is CC(=O)N1[C@@H]2CN(Cc3ccco3)C[C@@H]2C[C@H]1C(=O)NCC1CC1. The van der Waals surface area contributed by atoms with Gasteiger partial charge in [0.05, 0.1) is 12.8 Å². The molecule has 3 atom stereocenters. The first-order valence-corrected chi connectivity index (χ1v) is 8.93. The molecule has 0 unspecified atom stereocenters. The van der Waals surface area contributed by atoms with Crippen LogP contribution in [0.2, 0.25) is 0 Å². The molecule has 4 rings (SSSR count). The summed E-state index contributed by atoms with van der Waals surface area (Å²) in [5.41, 5.74) is 0. The molecule has 1 saturated carbocycles. The molecule has 6 nitrogen and oxygen atoms in total. The third-order valence-corrected chi connectivity index (χ3v) is 5.59. The van der Waals surface area contributed by atoms with Gasteiger partial charge in [-0.2, -0.15) is 0 Å². The van der Waals surface area contributed by atoms with Crippen LogP contribution in [0.1, 0.15) is 31.9 Å². The molecule has 24 heavy (non-hydrogen) atoms. The van der Waals surface area contributed by atoms with Crippen molar-refractivity contribution in [2.45, 2.75) is 44.8 Å². The smallest absolute Gasteiger partial charge is 0.242 e. The van der Waals surface area contributed by atoms with Gasteiger partial charge in [-0.25, -0.2) is 0 Å². The van der Waals surface area contributed by atoms with E-state index in [2.05, 4.69) is 10.2 Å². The molecule has 2 aliphatic heterocycles. The average Bonchev–Trinajstić information content (AvgIpc) is 2.93. The van der Waals surface area contributed by atoms with Crippen LogP contribution in [0.5, 0.6) is 0 Å². The Kier molecular flexibility index (Phi) is 4.08. The number of carbonyl (C=O) groups is 2. The van der Waals surface area contributed by atoms with Gasteiger partial charge < -0.3 is 14.6 Å². The van der Waals surface area contributed by atoms with Gasteiger partial charge in [0.25, 0.3) is 0 Å². The second-order valence-electron chi connectivity index (χ2n) is 7.47. The highest BCUT2D eigenvalue weighted by Gasteiger charge is 2.50. The van der Waals surface area contributed by atoms with Crippen molar-refractivity contribution in [1.29, 1.82) is 0 Å². The number of furan rings is 1. The minimum absolute atomic E-state index is 0.00826. The standard InChI is InChI=1S/C18H25N3O3/c1-12(22)21-16(18(23)19-8-13-4-5-13)7-14-9-20(11-17(14)21)10-15-3-2-6-24-15/h2-3,6,13-14,16-17H,4-5,7-11H2,1H3,(H,19,23)/t14-,16-,17+/m0/s1. The molecule has 2 amide bonds. The topological polar surface area (TPSA) is 65.8 Å². The van der Waals surface area contributed by atoms with Crippen LogP contribution < -0.4 is 5.32 Å². The van der Waals surface area contributed by atoms with E-state index in [1.54, 1.807) is 13.2 Å². The molecule has 130 valence electrons. The third-order valence-electron chi connectivity index (χ3n) is 5.59. The molecule has 0 bridgehead atoms. The Bertz CT molecular complexity index is 611. The van der Waals surface area contributed by atoms with E-state index in [0.29, 0.717) is 11.8 Å². The van der Waals surface area contributed by atoms with Gasteiger partial charge in [0.1, 0.15) is 11.8 Å². The molecule has 1 N–H and O–H groups in total. The van der Waals surface area contributed by atoms with Crippen molar-refractivity contribution in [1.82, 2.24) is 15.1 Å². The normalized spacial score (nSPS) is 29.7. The lowest BCUT2D eigenvalue weighted by atomic mass is 10.0. The summed E-state index contributed by atoms with van der Waals surface area (Å²) in [5, 5.41) is 3.05. The predicted octanol–water partition coefficient (Wildman–Crippen LogP) is 1.23. The second kappa shape index (κ2) is 6.24. The van der Waals surface area contributed by atoms with Gasteiger partial charge >= 0.3 is 0 Å². The second-order valence-corrected chi connectivity index (χ2v) is 7.47. The van der Waals surface area contributed by atoms with Crippen LogP contribution in [-0.4, -0.2) is 53.3 Å². The van der Waals surface area contributed by atoms with E-state index in [4.69, 9.17) is 4.42 Å². The summed E-state index contributed by atoms with van der Waals surface area (Å²) in [7, 11) is 0. The first-order valence-electron chi connectivity index (χ1n) is 8.93. The number of amides is 2. The maximum atomic E-state index is 12.5. The summed E-state index contributed by atoms with van der Waals surface area (Å²) in [5.74, 6) is 2.02. The van der Waals surface area contributed by atoms with Gasteiger partial charge in [-0.05, 0) is 43.2 Å². The Labute approximate surface area is 142 Å². The van der Waals surface area contributed by atoms with Crippen LogP contribution in [0.15, 0.2) is 22.8 Å². The predicted molar refractivity (Wildman–Crippen MR) is 87.9 cm³/mol. The fraction of sp³-hybridized carbons (Fsp3) is 0.667. The number of fused-ring (bicyclic) bond motifs is 1. The molecule has 0 radical (unpaired) electrons. The van der Waals surface area contributed by atoms with Gasteiger partial charge in [-0.15, -0.1) is 0 Å². The van der Waals surface area contributed by atoms with Crippen LogP contribution in [-0.2, 0) is 16.1 Å². The van der Waals surface area contributed by atoms with Crippen molar-refractivity contribution >= 4 is 11.8 Å². The zero-order valence-corrected chi connectivity index (χ0v) is 14.1. The lowest BCUT2D eigenvalue weighted by Gasteiger charge is -2.29. The largest absolute Gasteiger partial charge is 0.468 e. The molecule has 6 heteroatoms. The maximum Gasteiger partial charge on any atom is 0.242 e. The van der Waals surface area contributed by atoms with Gasteiger partial charge in [0.2, 0.25) is 11.8 Å². The highest BCUT2D eigenvalue weighted by Crippen LogP contribution is 2.36. The summed E-state index contributed by atoms with van der Waals surface area (Å²) in [6.45, 7) is 4.85. The molecule has 0 aromatic carbocycles. The lowest BCUT2D eigenvalue weighted by molar-refractivity contribution is -0.138. The number of rotatable bonds is 5. The fourth-order valence-electron chi connectivity index (χ4n) is 4.24. The Morgan fingerprint density at radius 3 is 2.83 bits per heavy atom. The highest BCUT2D eigenvalue weighted by atomic mass is 16.3. The Morgan fingerprint density at radius 2 is 2.17 bits per heavy atom. The van der Waals surface area contributed by atoms with Crippen LogP contribution in [0, 0.1) is 11.8 Å². The Hall–Kier alpha value is -1.82. The zero-order valence-electron chi connectivity index (χ0n) is 14.1. The molecule has 3 fully saturated rings. The molecule has 2 saturated heterocycles. The molecular formula is C18H25N3O3. The van der Waals surface area contributed by atoms with E-state index in [1.165, 1.54) is 12.8 Å². The monoisotopic (exact) mass is 331 g/mol. The highest BCUT2D eigenvalue weighted by molar-refractivity contribution is 5.88. The molecule has 3 heterocycles. The van der Waals surface area contributed by atoms with Gasteiger partial charge in [-0.3, -0.25) is 14.5 Å². The minimum atomic E-state index is -0.290. The van der Waals surface area contributed by atoms with E-state index < -0.39 is 0 Å². The van der Waals surface area contributed by atoms with E-state index in [-0.39, 0.29) is 23.9 Å². The van der Waals surface area contributed by atoms with Crippen molar-refractivity contribution in [3.05, 3.63) is 24.2 Å². The summed E-state index contributed by atoms with van der Waals surface area (Å²) in [4.78, 5) is 28.9. The quantitative estimate of drug-likeness (QED) is 0.881. The van der Waals surface area contributed by atoms with Crippen LogP contribution in [0.3, 0.4) is 0 Å². The van der Waals surface area contributed by atoms with Gasteiger partial charge in [0.15, 0.2) is 0 Å². The summed E-state index contributed by atoms with van der Waals surface area (Å²) in [6.07, 6.45) is 4.90.